The van der Waals surface area contributed by atoms with Crippen LogP contribution in [0.4, 0.5) is 0 Å². The molecule has 0 saturated heterocycles. The smallest absolute Gasteiger partial charge is 0.331 e. The van der Waals surface area contributed by atoms with Crippen LogP contribution in [0.1, 0.15) is 31.2 Å². The van der Waals surface area contributed by atoms with Crippen molar-refractivity contribution < 1.29 is 14.2 Å². The molecule has 8 nitrogen and oxygen atoms in total. The van der Waals surface area contributed by atoms with E-state index in [4.69, 9.17) is 14.2 Å². The number of hydrogen-bond donors (Lipinski definition) is 0. The lowest BCUT2D eigenvalue weighted by Gasteiger charge is -2.28. The average Bonchev–Trinajstić information content (AvgIpc) is 3.23. The molecular formula is C27H29N3O5. The molecule has 1 unspecified atom stereocenters. The van der Waals surface area contributed by atoms with E-state index in [0.29, 0.717) is 48.8 Å². The summed E-state index contributed by atoms with van der Waals surface area (Å²) in [4.78, 5) is 26.4. The first-order valence-corrected chi connectivity index (χ1v) is 11.9. The molecule has 2 aromatic carbocycles. The normalized spacial score (nSPS) is 15.3. The van der Waals surface area contributed by atoms with E-state index >= 15 is 0 Å². The van der Waals surface area contributed by atoms with Crippen molar-refractivity contribution in [1.29, 1.82) is 0 Å². The predicted octanol–water partition coefficient (Wildman–Crippen LogP) is 3.62. The van der Waals surface area contributed by atoms with Gasteiger partial charge in [0.2, 0.25) is 0 Å². The Morgan fingerprint density at radius 2 is 1.66 bits per heavy atom. The molecule has 0 bridgehead atoms. The standard InChI is InChI=1S/C27H29N3O5/c1-5-33-19-13-12-18(16-20(19)34-6-2)25-24-23-21(26(31)29(4)27(32)28(23)3)22(30(24)14-15-35-25)17-10-8-7-9-11-17/h7-13,16,25H,5-6,14-15H2,1-4H3. The monoisotopic (exact) mass is 475 g/mol. The average molecular weight is 476 g/mol. The van der Waals surface area contributed by atoms with Crippen LogP contribution in [0.5, 0.6) is 11.5 Å². The SMILES string of the molecule is CCOc1ccc(C2OCCn3c(-c4ccccc4)c4c(=O)n(C)c(=O)n(C)c4c32)cc1OCC. The largest absolute Gasteiger partial charge is 0.490 e. The van der Waals surface area contributed by atoms with E-state index in [1.807, 2.05) is 62.4 Å². The molecule has 1 aliphatic heterocycles. The van der Waals surface area contributed by atoms with Gasteiger partial charge in [-0.25, -0.2) is 4.79 Å². The van der Waals surface area contributed by atoms with Crippen molar-refractivity contribution in [3.05, 3.63) is 80.6 Å². The molecule has 182 valence electrons. The number of ether oxygens (including phenoxy) is 3. The highest BCUT2D eigenvalue weighted by atomic mass is 16.5. The van der Waals surface area contributed by atoms with E-state index < -0.39 is 6.10 Å². The minimum Gasteiger partial charge on any atom is -0.490 e. The van der Waals surface area contributed by atoms with E-state index in [2.05, 4.69) is 4.57 Å². The Balaban J connectivity index is 1.83. The Hall–Kier alpha value is -3.78. The number of nitrogens with zero attached hydrogens (tertiary/aromatic N) is 3. The second-order valence-corrected chi connectivity index (χ2v) is 8.50. The molecule has 0 amide bonds. The minimum absolute atomic E-state index is 0.315. The fourth-order valence-corrected chi connectivity index (χ4v) is 4.96. The second-order valence-electron chi connectivity index (χ2n) is 8.50. The predicted molar refractivity (Wildman–Crippen MR) is 134 cm³/mol. The van der Waals surface area contributed by atoms with Crippen LogP contribution >= 0.6 is 0 Å². The van der Waals surface area contributed by atoms with Crippen LogP contribution in [0.15, 0.2) is 58.1 Å². The van der Waals surface area contributed by atoms with Crippen LogP contribution in [-0.2, 0) is 25.4 Å². The van der Waals surface area contributed by atoms with Gasteiger partial charge >= 0.3 is 5.69 Å². The highest BCUT2D eigenvalue weighted by Gasteiger charge is 2.33. The molecule has 1 aliphatic rings. The van der Waals surface area contributed by atoms with Gasteiger partial charge in [-0.15, -0.1) is 0 Å². The van der Waals surface area contributed by atoms with E-state index in [0.717, 1.165) is 22.5 Å². The van der Waals surface area contributed by atoms with Crippen molar-refractivity contribution in [1.82, 2.24) is 13.7 Å². The van der Waals surface area contributed by atoms with Crippen LogP contribution in [0.3, 0.4) is 0 Å². The Morgan fingerprint density at radius 1 is 0.943 bits per heavy atom. The van der Waals surface area contributed by atoms with Gasteiger partial charge in [-0.3, -0.25) is 13.9 Å². The zero-order chi connectivity index (χ0) is 24.7. The van der Waals surface area contributed by atoms with Crippen molar-refractivity contribution in [2.75, 3.05) is 19.8 Å². The Bertz CT molecular complexity index is 1510. The Morgan fingerprint density at radius 3 is 2.37 bits per heavy atom. The van der Waals surface area contributed by atoms with Crippen molar-refractivity contribution in [2.24, 2.45) is 14.1 Å². The summed E-state index contributed by atoms with van der Waals surface area (Å²) in [5, 5.41) is 0.516. The molecule has 35 heavy (non-hydrogen) atoms. The molecule has 2 aromatic heterocycles. The lowest BCUT2D eigenvalue weighted by Crippen LogP contribution is -2.37. The maximum Gasteiger partial charge on any atom is 0.331 e. The van der Waals surface area contributed by atoms with Gasteiger partial charge in [-0.2, -0.15) is 0 Å². The fourth-order valence-electron chi connectivity index (χ4n) is 4.96. The van der Waals surface area contributed by atoms with Crippen LogP contribution in [0, 0.1) is 0 Å². The van der Waals surface area contributed by atoms with Gasteiger partial charge in [0.15, 0.2) is 11.5 Å². The summed E-state index contributed by atoms with van der Waals surface area (Å²) in [6, 6.07) is 15.6. The van der Waals surface area contributed by atoms with Gasteiger partial charge in [0.05, 0.1) is 42.1 Å². The van der Waals surface area contributed by atoms with Crippen LogP contribution < -0.4 is 20.7 Å². The maximum absolute atomic E-state index is 13.5. The van der Waals surface area contributed by atoms with Gasteiger partial charge in [0.1, 0.15) is 6.10 Å². The molecule has 0 aliphatic carbocycles. The summed E-state index contributed by atoms with van der Waals surface area (Å²) in [6.45, 7) is 5.91. The first kappa shape index (κ1) is 23.0. The molecule has 0 N–H and O–H groups in total. The molecule has 3 heterocycles. The summed E-state index contributed by atoms with van der Waals surface area (Å²) in [5.41, 5.74) is 3.27. The van der Waals surface area contributed by atoms with Crippen LogP contribution in [-0.4, -0.2) is 33.5 Å². The first-order valence-electron chi connectivity index (χ1n) is 11.9. The Labute approximate surface area is 202 Å². The summed E-state index contributed by atoms with van der Waals surface area (Å²) in [7, 11) is 3.22. The number of hydrogen-bond acceptors (Lipinski definition) is 5. The first-order chi connectivity index (χ1) is 17.0. The maximum atomic E-state index is 13.5. The van der Waals surface area contributed by atoms with E-state index in [9.17, 15) is 9.59 Å². The van der Waals surface area contributed by atoms with E-state index in [-0.39, 0.29) is 11.2 Å². The van der Waals surface area contributed by atoms with Crippen LogP contribution in [0.25, 0.3) is 22.2 Å². The second kappa shape index (κ2) is 9.11. The number of aryl methyl sites for hydroxylation is 1. The van der Waals surface area contributed by atoms with Gasteiger partial charge in [0.25, 0.3) is 5.56 Å². The van der Waals surface area contributed by atoms with Crippen molar-refractivity contribution in [3.63, 3.8) is 0 Å². The summed E-state index contributed by atoms with van der Waals surface area (Å²) in [6.07, 6.45) is -0.490. The topological polar surface area (TPSA) is 76.6 Å². The lowest BCUT2D eigenvalue weighted by atomic mass is 10.0. The molecule has 0 saturated carbocycles. The van der Waals surface area contributed by atoms with Gasteiger partial charge < -0.3 is 18.8 Å². The van der Waals surface area contributed by atoms with E-state index in [1.165, 1.54) is 11.6 Å². The van der Waals surface area contributed by atoms with Gasteiger partial charge in [-0.1, -0.05) is 36.4 Å². The molecule has 5 rings (SSSR count). The number of rotatable bonds is 6. The highest BCUT2D eigenvalue weighted by Crippen LogP contribution is 2.42. The molecule has 0 spiro atoms. The molecule has 4 aromatic rings. The van der Waals surface area contributed by atoms with Gasteiger partial charge in [0, 0.05) is 20.6 Å². The third-order valence-electron chi connectivity index (χ3n) is 6.47. The zero-order valence-electron chi connectivity index (χ0n) is 20.4. The number of benzene rings is 2. The molecular weight excluding hydrogens is 446 g/mol. The van der Waals surface area contributed by atoms with Crippen molar-refractivity contribution in [2.45, 2.75) is 26.5 Å². The quantitative estimate of drug-likeness (QED) is 0.426. The van der Waals surface area contributed by atoms with Crippen molar-refractivity contribution in [3.8, 4) is 22.8 Å². The molecule has 0 radical (unpaired) electrons. The third kappa shape index (κ3) is 3.65. The molecule has 0 fully saturated rings. The number of fused-ring (bicyclic) bond motifs is 3. The summed E-state index contributed by atoms with van der Waals surface area (Å²) >= 11 is 0. The molecule has 1 atom stereocenters. The Kier molecular flexibility index (Phi) is 5.98. The summed E-state index contributed by atoms with van der Waals surface area (Å²) in [5.74, 6) is 1.30. The highest BCUT2D eigenvalue weighted by molar-refractivity contribution is 5.96. The number of aromatic nitrogens is 3. The van der Waals surface area contributed by atoms with Gasteiger partial charge in [-0.05, 0) is 37.1 Å². The summed E-state index contributed by atoms with van der Waals surface area (Å²) < 4.78 is 22.7. The zero-order valence-corrected chi connectivity index (χ0v) is 20.4. The lowest BCUT2D eigenvalue weighted by molar-refractivity contribution is 0.0476. The molecule has 8 heteroatoms. The minimum atomic E-state index is -0.490. The van der Waals surface area contributed by atoms with Crippen LogP contribution in [0.2, 0.25) is 0 Å². The van der Waals surface area contributed by atoms with Crippen molar-refractivity contribution >= 4 is 10.9 Å². The van der Waals surface area contributed by atoms with E-state index in [1.54, 1.807) is 11.6 Å². The third-order valence-corrected chi connectivity index (χ3v) is 6.47. The fraction of sp³-hybridized carbons (Fsp3) is 0.333.